The lowest BCUT2D eigenvalue weighted by Gasteiger charge is -2.21. The second kappa shape index (κ2) is 4.68. The zero-order valence-corrected chi connectivity index (χ0v) is 9.21. The molecule has 0 amide bonds. The molecule has 0 N–H and O–H groups in total. The van der Waals surface area contributed by atoms with Crippen molar-refractivity contribution in [3.8, 4) is 0 Å². The van der Waals surface area contributed by atoms with Crippen LogP contribution in [0.25, 0.3) is 0 Å². The topological polar surface area (TPSA) is 4.93 Å². The van der Waals surface area contributed by atoms with Crippen molar-refractivity contribution in [2.75, 3.05) is 0 Å². The lowest BCUT2D eigenvalue weighted by molar-refractivity contribution is 0.372. The number of hydrogen-bond donors (Lipinski definition) is 0. The van der Waals surface area contributed by atoms with E-state index >= 15 is 0 Å². The van der Waals surface area contributed by atoms with E-state index in [9.17, 15) is 0 Å². The van der Waals surface area contributed by atoms with Crippen LogP contribution in [0, 0.1) is 6.92 Å². The Balaban J connectivity index is 2.00. The zero-order chi connectivity index (χ0) is 9.80. The summed E-state index contributed by atoms with van der Waals surface area (Å²) in [7, 11) is 0. The van der Waals surface area contributed by atoms with Crippen LogP contribution < -0.4 is 0 Å². The fourth-order valence-electron chi connectivity index (χ4n) is 2.48. The molecule has 14 heavy (non-hydrogen) atoms. The lowest BCUT2D eigenvalue weighted by Crippen LogP contribution is -2.08. The van der Waals surface area contributed by atoms with E-state index in [2.05, 4.69) is 30.0 Å². The molecule has 1 aromatic heterocycles. The molecule has 1 aliphatic rings. The Labute approximate surface area is 87.1 Å². The fourth-order valence-corrected chi connectivity index (χ4v) is 2.48. The third-order valence-electron chi connectivity index (χ3n) is 3.36. The van der Waals surface area contributed by atoms with Crippen LogP contribution in [0.2, 0.25) is 0 Å². The fraction of sp³-hybridized carbons (Fsp3) is 0.692. The highest BCUT2D eigenvalue weighted by Crippen LogP contribution is 2.26. The molecule has 0 aromatic carbocycles. The van der Waals surface area contributed by atoms with Gasteiger partial charge in [0.15, 0.2) is 0 Å². The minimum atomic E-state index is 0.781. The molecule has 0 atom stereocenters. The highest BCUT2D eigenvalue weighted by Gasteiger charge is 2.12. The molecule has 1 fully saturated rings. The molecule has 0 saturated heterocycles. The summed E-state index contributed by atoms with van der Waals surface area (Å²) in [6.45, 7) is 2.18. The van der Waals surface area contributed by atoms with Crippen LogP contribution in [0.3, 0.4) is 0 Å². The van der Waals surface area contributed by atoms with Crippen molar-refractivity contribution in [1.82, 2.24) is 4.57 Å². The van der Waals surface area contributed by atoms with Crippen molar-refractivity contribution < 1.29 is 0 Å². The van der Waals surface area contributed by atoms with Gasteiger partial charge >= 0.3 is 0 Å². The van der Waals surface area contributed by atoms with Gasteiger partial charge in [-0.3, -0.25) is 0 Å². The highest BCUT2D eigenvalue weighted by atomic mass is 15.0. The molecule has 2 rings (SSSR count). The van der Waals surface area contributed by atoms with Gasteiger partial charge < -0.3 is 4.57 Å². The smallest absolute Gasteiger partial charge is 0.0330 e. The normalized spacial score (nSPS) is 20.4. The summed E-state index contributed by atoms with van der Waals surface area (Å²) in [5.74, 6) is 0. The monoisotopic (exact) mass is 191 g/mol. The van der Waals surface area contributed by atoms with Crippen molar-refractivity contribution in [2.45, 2.75) is 57.9 Å². The van der Waals surface area contributed by atoms with Gasteiger partial charge in [-0.05, 0) is 31.4 Å². The average Bonchev–Trinajstić information content (AvgIpc) is 2.51. The summed E-state index contributed by atoms with van der Waals surface area (Å²) in [5, 5.41) is 0. The molecule has 1 heteroatoms. The van der Waals surface area contributed by atoms with Crippen molar-refractivity contribution >= 4 is 0 Å². The minimum Gasteiger partial charge on any atom is -0.351 e. The number of nitrogens with zero attached hydrogens (tertiary/aromatic N) is 1. The quantitative estimate of drug-likeness (QED) is 0.630. The van der Waals surface area contributed by atoms with Gasteiger partial charge in [-0.25, -0.2) is 0 Å². The van der Waals surface area contributed by atoms with Crippen molar-refractivity contribution in [3.63, 3.8) is 0 Å². The van der Waals surface area contributed by atoms with Gasteiger partial charge in [0.05, 0.1) is 0 Å². The van der Waals surface area contributed by atoms with Crippen LogP contribution in [0.15, 0.2) is 18.5 Å². The van der Waals surface area contributed by atoms with E-state index in [1.165, 1.54) is 50.5 Å². The predicted molar refractivity (Wildman–Crippen MR) is 60.5 cm³/mol. The van der Waals surface area contributed by atoms with Gasteiger partial charge in [0.1, 0.15) is 0 Å². The molecule has 1 nitrogen and oxygen atoms in total. The first kappa shape index (κ1) is 9.82. The number of aryl methyl sites for hydroxylation is 1. The van der Waals surface area contributed by atoms with Gasteiger partial charge in [-0.15, -0.1) is 0 Å². The molecule has 0 spiro atoms. The Bertz CT molecular complexity index is 267. The second-order valence-electron chi connectivity index (χ2n) is 4.64. The largest absolute Gasteiger partial charge is 0.351 e. The molecule has 0 bridgehead atoms. The third-order valence-corrected chi connectivity index (χ3v) is 3.36. The Kier molecular flexibility index (Phi) is 3.28. The predicted octanol–water partition coefficient (Wildman–Crippen LogP) is 4.08. The van der Waals surface area contributed by atoms with Crippen molar-refractivity contribution in [1.29, 1.82) is 0 Å². The molecule has 0 radical (unpaired) electrons. The number of hydrogen-bond acceptors (Lipinski definition) is 0. The Hall–Kier alpha value is -0.720. The summed E-state index contributed by atoms with van der Waals surface area (Å²) in [6.07, 6.45) is 14.5. The summed E-state index contributed by atoms with van der Waals surface area (Å²) < 4.78 is 2.43. The van der Waals surface area contributed by atoms with Crippen molar-refractivity contribution in [3.05, 3.63) is 24.0 Å². The van der Waals surface area contributed by atoms with E-state index in [0.717, 1.165) is 6.04 Å². The molecule has 1 aromatic rings. The molecular weight excluding hydrogens is 170 g/mol. The van der Waals surface area contributed by atoms with Crippen LogP contribution >= 0.6 is 0 Å². The van der Waals surface area contributed by atoms with Crippen molar-refractivity contribution in [2.24, 2.45) is 0 Å². The molecule has 1 aliphatic carbocycles. The average molecular weight is 191 g/mol. The first-order valence-corrected chi connectivity index (χ1v) is 6.00. The van der Waals surface area contributed by atoms with Gasteiger partial charge in [0.25, 0.3) is 0 Å². The van der Waals surface area contributed by atoms with E-state index in [1.807, 2.05) is 0 Å². The summed E-state index contributed by atoms with van der Waals surface area (Å²) in [5.41, 5.74) is 1.40. The lowest BCUT2D eigenvalue weighted by atomic mass is 9.97. The van der Waals surface area contributed by atoms with Crippen LogP contribution in [-0.2, 0) is 0 Å². The van der Waals surface area contributed by atoms with Gasteiger partial charge in [0, 0.05) is 18.4 Å². The Morgan fingerprint density at radius 3 is 2.29 bits per heavy atom. The van der Waals surface area contributed by atoms with Crippen LogP contribution in [0.5, 0.6) is 0 Å². The SMILES string of the molecule is Cc1ccn(C2CCCCCCC2)c1. The van der Waals surface area contributed by atoms with Gasteiger partial charge in [-0.2, -0.15) is 0 Å². The first-order chi connectivity index (χ1) is 6.86. The Morgan fingerprint density at radius 2 is 1.71 bits per heavy atom. The summed E-state index contributed by atoms with van der Waals surface area (Å²) in [6, 6.07) is 3.00. The zero-order valence-electron chi connectivity index (χ0n) is 9.21. The molecule has 0 unspecified atom stereocenters. The Morgan fingerprint density at radius 1 is 1.07 bits per heavy atom. The maximum Gasteiger partial charge on any atom is 0.0330 e. The van der Waals surface area contributed by atoms with Gasteiger partial charge in [-0.1, -0.05) is 32.1 Å². The van der Waals surface area contributed by atoms with Crippen LogP contribution in [0.4, 0.5) is 0 Å². The molecular formula is C13H21N. The second-order valence-corrected chi connectivity index (χ2v) is 4.64. The highest BCUT2D eigenvalue weighted by molar-refractivity contribution is 5.08. The third kappa shape index (κ3) is 2.40. The van der Waals surface area contributed by atoms with Crippen LogP contribution in [0.1, 0.15) is 56.6 Å². The number of rotatable bonds is 1. The minimum absolute atomic E-state index is 0.781. The standard InChI is InChI=1S/C13H21N/c1-12-9-10-14(11-12)13-7-5-3-2-4-6-8-13/h9-11,13H,2-8H2,1H3. The molecule has 0 aliphatic heterocycles. The molecule has 78 valence electrons. The van der Waals surface area contributed by atoms with E-state index in [1.54, 1.807) is 0 Å². The summed E-state index contributed by atoms with van der Waals surface area (Å²) >= 11 is 0. The maximum absolute atomic E-state index is 2.43. The molecule has 1 heterocycles. The first-order valence-electron chi connectivity index (χ1n) is 6.00. The number of aromatic nitrogens is 1. The van der Waals surface area contributed by atoms with E-state index in [0.29, 0.717) is 0 Å². The van der Waals surface area contributed by atoms with E-state index < -0.39 is 0 Å². The van der Waals surface area contributed by atoms with Gasteiger partial charge in [0.2, 0.25) is 0 Å². The van der Waals surface area contributed by atoms with Crippen LogP contribution in [-0.4, -0.2) is 4.57 Å². The summed E-state index contributed by atoms with van der Waals surface area (Å²) in [4.78, 5) is 0. The maximum atomic E-state index is 2.43. The molecule has 1 saturated carbocycles. The van der Waals surface area contributed by atoms with E-state index in [-0.39, 0.29) is 0 Å². The van der Waals surface area contributed by atoms with E-state index in [4.69, 9.17) is 0 Å².